The highest BCUT2D eigenvalue weighted by Gasteiger charge is 2.27. The van der Waals surface area contributed by atoms with Crippen LogP contribution in [-0.4, -0.2) is 50.0 Å². The number of amides is 1. The fourth-order valence-electron chi connectivity index (χ4n) is 3.03. The molecule has 0 N–H and O–H groups in total. The molecule has 0 spiro atoms. The molecular weight excluding hydrogens is 380 g/mol. The van der Waals surface area contributed by atoms with E-state index in [0.717, 1.165) is 22.6 Å². The summed E-state index contributed by atoms with van der Waals surface area (Å²) in [6.45, 7) is 0.791. The molecule has 28 heavy (non-hydrogen) atoms. The number of carbonyl (C=O) groups is 1. The standard InChI is InChI=1S/C21H23ClN2O4/c1-26-14-21(25)24(12-16-5-3-4-6-19(16)22)13-18-11-20(23-28-18)15-7-9-17(27-2)10-8-15/h3-10,18H,11-14H2,1-2H3/t18-/m0/s1. The van der Waals surface area contributed by atoms with Crippen molar-refractivity contribution in [3.05, 3.63) is 64.7 Å². The van der Waals surface area contributed by atoms with Crippen molar-refractivity contribution in [3.8, 4) is 5.75 Å². The lowest BCUT2D eigenvalue weighted by Gasteiger charge is -2.25. The summed E-state index contributed by atoms with van der Waals surface area (Å²) >= 11 is 6.26. The smallest absolute Gasteiger partial charge is 0.248 e. The maximum atomic E-state index is 12.5. The van der Waals surface area contributed by atoms with E-state index in [1.54, 1.807) is 12.0 Å². The zero-order chi connectivity index (χ0) is 19.9. The number of methoxy groups -OCH3 is 2. The molecule has 7 heteroatoms. The van der Waals surface area contributed by atoms with Gasteiger partial charge in [-0.25, -0.2) is 0 Å². The number of carbonyl (C=O) groups excluding carboxylic acids is 1. The maximum Gasteiger partial charge on any atom is 0.248 e. The van der Waals surface area contributed by atoms with Gasteiger partial charge in [-0.05, 0) is 41.5 Å². The third kappa shape index (κ3) is 5.03. The minimum Gasteiger partial charge on any atom is -0.497 e. The average molecular weight is 403 g/mol. The topological polar surface area (TPSA) is 60.4 Å². The van der Waals surface area contributed by atoms with Crippen molar-refractivity contribution in [1.82, 2.24) is 4.90 Å². The van der Waals surface area contributed by atoms with Gasteiger partial charge in [-0.2, -0.15) is 0 Å². The second kappa shape index (κ2) is 9.57. The van der Waals surface area contributed by atoms with Crippen molar-refractivity contribution in [2.24, 2.45) is 5.16 Å². The molecule has 1 amide bonds. The van der Waals surface area contributed by atoms with E-state index in [1.807, 2.05) is 48.5 Å². The molecule has 0 unspecified atom stereocenters. The lowest BCUT2D eigenvalue weighted by Crippen LogP contribution is -2.39. The van der Waals surface area contributed by atoms with E-state index in [2.05, 4.69) is 5.16 Å². The molecule has 2 aromatic carbocycles. The van der Waals surface area contributed by atoms with Gasteiger partial charge in [-0.3, -0.25) is 4.79 Å². The Bertz CT molecular complexity index is 839. The Morgan fingerprint density at radius 3 is 2.64 bits per heavy atom. The summed E-state index contributed by atoms with van der Waals surface area (Å²) in [5.74, 6) is 0.666. The molecule has 1 atom stereocenters. The highest BCUT2D eigenvalue weighted by atomic mass is 35.5. The van der Waals surface area contributed by atoms with Crippen LogP contribution in [0.2, 0.25) is 5.02 Å². The number of rotatable bonds is 8. The van der Waals surface area contributed by atoms with Gasteiger partial charge in [0.1, 0.15) is 12.4 Å². The van der Waals surface area contributed by atoms with E-state index < -0.39 is 0 Å². The van der Waals surface area contributed by atoms with Gasteiger partial charge in [-0.1, -0.05) is 35.0 Å². The van der Waals surface area contributed by atoms with E-state index >= 15 is 0 Å². The predicted octanol–water partition coefficient (Wildman–Crippen LogP) is 3.52. The van der Waals surface area contributed by atoms with Gasteiger partial charge in [0.25, 0.3) is 0 Å². The molecule has 0 bridgehead atoms. The molecule has 0 fully saturated rings. The van der Waals surface area contributed by atoms with Crippen LogP contribution in [0.5, 0.6) is 5.75 Å². The second-order valence-corrected chi connectivity index (χ2v) is 6.90. The van der Waals surface area contributed by atoms with Crippen LogP contribution in [0, 0.1) is 0 Å². The van der Waals surface area contributed by atoms with Gasteiger partial charge in [0.05, 0.1) is 19.4 Å². The van der Waals surface area contributed by atoms with Crippen LogP contribution < -0.4 is 4.74 Å². The third-order valence-corrected chi connectivity index (χ3v) is 4.89. The monoisotopic (exact) mass is 402 g/mol. The molecule has 6 nitrogen and oxygen atoms in total. The van der Waals surface area contributed by atoms with Gasteiger partial charge in [0, 0.05) is 25.1 Å². The summed E-state index contributed by atoms with van der Waals surface area (Å²) in [4.78, 5) is 19.8. The highest BCUT2D eigenvalue weighted by Crippen LogP contribution is 2.22. The van der Waals surface area contributed by atoms with Crippen molar-refractivity contribution >= 4 is 23.2 Å². The van der Waals surface area contributed by atoms with E-state index in [9.17, 15) is 4.79 Å². The number of ether oxygens (including phenoxy) is 2. The number of benzene rings is 2. The van der Waals surface area contributed by atoms with Gasteiger partial charge in [0.15, 0.2) is 6.10 Å². The predicted molar refractivity (Wildman–Crippen MR) is 108 cm³/mol. The number of hydrogen-bond acceptors (Lipinski definition) is 5. The third-order valence-electron chi connectivity index (χ3n) is 4.52. The van der Waals surface area contributed by atoms with Gasteiger partial charge in [-0.15, -0.1) is 0 Å². The number of nitrogens with zero attached hydrogens (tertiary/aromatic N) is 2. The van der Waals surface area contributed by atoms with Gasteiger partial charge in [0.2, 0.25) is 5.91 Å². The zero-order valence-electron chi connectivity index (χ0n) is 15.9. The van der Waals surface area contributed by atoms with Crippen molar-refractivity contribution in [1.29, 1.82) is 0 Å². The fraction of sp³-hybridized carbons (Fsp3) is 0.333. The largest absolute Gasteiger partial charge is 0.497 e. The first-order valence-electron chi connectivity index (χ1n) is 8.98. The lowest BCUT2D eigenvalue weighted by molar-refractivity contribution is -0.137. The Balaban J connectivity index is 1.66. The van der Waals surface area contributed by atoms with Crippen LogP contribution in [0.1, 0.15) is 17.5 Å². The average Bonchev–Trinajstić information content (AvgIpc) is 3.18. The van der Waals surface area contributed by atoms with Crippen LogP contribution in [0.25, 0.3) is 0 Å². The molecule has 148 valence electrons. The highest BCUT2D eigenvalue weighted by molar-refractivity contribution is 6.31. The van der Waals surface area contributed by atoms with Crippen LogP contribution in [-0.2, 0) is 20.9 Å². The van der Waals surface area contributed by atoms with E-state index in [4.69, 9.17) is 25.9 Å². The van der Waals surface area contributed by atoms with Gasteiger partial charge >= 0.3 is 0 Å². The number of hydrogen-bond donors (Lipinski definition) is 0. The molecule has 1 aliphatic rings. The summed E-state index contributed by atoms with van der Waals surface area (Å²) in [5.41, 5.74) is 2.71. The number of oxime groups is 1. The zero-order valence-corrected chi connectivity index (χ0v) is 16.7. The molecule has 2 aromatic rings. The molecule has 1 aliphatic heterocycles. The van der Waals surface area contributed by atoms with Crippen LogP contribution in [0.4, 0.5) is 0 Å². The Labute approximate surface area is 169 Å². The number of halogens is 1. The summed E-state index contributed by atoms with van der Waals surface area (Å²) in [6, 6.07) is 15.1. The first-order chi connectivity index (χ1) is 13.6. The first-order valence-corrected chi connectivity index (χ1v) is 9.35. The van der Waals surface area contributed by atoms with Crippen molar-refractivity contribution < 1.29 is 19.1 Å². The Morgan fingerprint density at radius 2 is 1.96 bits per heavy atom. The van der Waals surface area contributed by atoms with E-state index in [0.29, 0.717) is 24.5 Å². The SMILES string of the molecule is COCC(=O)N(Cc1ccccc1Cl)C[C@@H]1CC(c2ccc(OC)cc2)=NO1. The lowest BCUT2D eigenvalue weighted by atomic mass is 10.0. The normalized spacial score (nSPS) is 15.7. The minimum atomic E-state index is -0.222. The second-order valence-electron chi connectivity index (χ2n) is 6.50. The Morgan fingerprint density at radius 1 is 1.21 bits per heavy atom. The van der Waals surface area contributed by atoms with Crippen molar-refractivity contribution in [3.63, 3.8) is 0 Å². The molecule has 0 aromatic heterocycles. The molecular formula is C21H23ClN2O4. The molecule has 0 aliphatic carbocycles. The molecule has 0 radical (unpaired) electrons. The van der Waals surface area contributed by atoms with Crippen LogP contribution in [0.15, 0.2) is 53.7 Å². The fourth-order valence-corrected chi connectivity index (χ4v) is 3.22. The Kier molecular flexibility index (Phi) is 6.90. The summed E-state index contributed by atoms with van der Waals surface area (Å²) in [5, 5.41) is 4.83. The molecule has 3 rings (SSSR count). The minimum absolute atomic E-state index is 0.00334. The Hall–Kier alpha value is -2.57. The summed E-state index contributed by atoms with van der Waals surface area (Å²) in [6.07, 6.45) is 0.395. The van der Waals surface area contributed by atoms with Crippen LogP contribution >= 0.6 is 11.6 Å². The first kappa shape index (κ1) is 20.2. The van der Waals surface area contributed by atoms with Crippen molar-refractivity contribution in [2.75, 3.05) is 27.4 Å². The maximum absolute atomic E-state index is 12.5. The molecule has 0 saturated heterocycles. The van der Waals surface area contributed by atoms with Crippen LogP contribution in [0.3, 0.4) is 0 Å². The summed E-state index contributed by atoms with van der Waals surface area (Å²) < 4.78 is 10.2. The quantitative estimate of drug-likeness (QED) is 0.677. The van der Waals surface area contributed by atoms with E-state index in [-0.39, 0.29) is 18.6 Å². The molecule has 1 heterocycles. The van der Waals surface area contributed by atoms with Crippen molar-refractivity contribution in [2.45, 2.75) is 19.1 Å². The van der Waals surface area contributed by atoms with E-state index in [1.165, 1.54) is 7.11 Å². The van der Waals surface area contributed by atoms with Gasteiger partial charge < -0.3 is 19.2 Å². The summed E-state index contributed by atoms with van der Waals surface area (Å²) in [7, 11) is 3.13. The molecule has 0 saturated carbocycles.